The van der Waals surface area contributed by atoms with Gasteiger partial charge in [-0.05, 0) is 25.3 Å². The van der Waals surface area contributed by atoms with Gasteiger partial charge in [0.05, 0.1) is 12.6 Å². The third kappa shape index (κ3) is 1.49. The summed E-state index contributed by atoms with van der Waals surface area (Å²) in [5, 5.41) is 10.7. The molecule has 0 unspecified atom stereocenters. The summed E-state index contributed by atoms with van der Waals surface area (Å²) in [7, 11) is 0. The number of amides is 1. The van der Waals surface area contributed by atoms with E-state index in [0.717, 1.165) is 18.4 Å². The molecule has 3 nitrogen and oxygen atoms in total. The van der Waals surface area contributed by atoms with E-state index < -0.39 is 5.60 Å². The molecule has 1 N–H and O–H groups in total. The largest absolute Gasteiger partial charge is 0.381 e. The molecule has 1 aromatic rings. The van der Waals surface area contributed by atoms with E-state index in [1.54, 1.807) is 0 Å². The molecule has 0 aromatic heterocycles. The van der Waals surface area contributed by atoms with Crippen LogP contribution >= 0.6 is 0 Å². The van der Waals surface area contributed by atoms with Crippen LogP contribution in [0.5, 0.6) is 0 Å². The molecule has 0 bridgehead atoms. The van der Waals surface area contributed by atoms with E-state index in [1.165, 1.54) is 5.56 Å². The van der Waals surface area contributed by atoms with Gasteiger partial charge in [-0.15, -0.1) is 0 Å². The molecular weight excluding hydrogens is 214 g/mol. The fourth-order valence-corrected chi connectivity index (χ4v) is 2.99. The van der Waals surface area contributed by atoms with Crippen molar-refractivity contribution >= 4 is 5.91 Å². The highest BCUT2D eigenvalue weighted by Gasteiger charge is 2.55. The number of hydrogen-bond donors (Lipinski definition) is 1. The molecule has 3 heteroatoms. The Balaban J connectivity index is 1.88. The third-order valence-corrected chi connectivity index (χ3v) is 4.08. The predicted molar refractivity (Wildman–Crippen MR) is 64.4 cm³/mol. The molecule has 2 aliphatic rings. The van der Waals surface area contributed by atoms with Crippen LogP contribution in [0.1, 0.15) is 30.4 Å². The normalized spacial score (nSPS) is 32.0. The molecule has 0 radical (unpaired) electrons. The number of nitrogens with zero attached hydrogens (tertiary/aromatic N) is 1. The molecule has 90 valence electrons. The highest BCUT2D eigenvalue weighted by atomic mass is 16.3. The topological polar surface area (TPSA) is 40.5 Å². The van der Waals surface area contributed by atoms with Crippen molar-refractivity contribution in [2.24, 2.45) is 0 Å². The van der Waals surface area contributed by atoms with E-state index in [9.17, 15) is 9.90 Å². The van der Waals surface area contributed by atoms with Crippen LogP contribution in [0.3, 0.4) is 0 Å². The van der Waals surface area contributed by atoms with Crippen LogP contribution in [0.2, 0.25) is 0 Å². The summed E-state index contributed by atoms with van der Waals surface area (Å²) in [6.07, 6.45) is 2.45. The molecule has 0 aliphatic carbocycles. The van der Waals surface area contributed by atoms with Gasteiger partial charge in [-0.25, -0.2) is 0 Å². The molecule has 2 aliphatic heterocycles. The number of piperidine rings is 1. The van der Waals surface area contributed by atoms with Gasteiger partial charge >= 0.3 is 0 Å². The number of fused-ring (bicyclic) bond motifs is 1. The fourth-order valence-electron chi connectivity index (χ4n) is 2.99. The highest BCUT2D eigenvalue weighted by Crippen LogP contribution is 2.43. The molecule has 17 heavy (non-hydrogen) atoms. The molecule has 2 atom stereocenters. The van der Waals surface area contributed by atoms with Gasteiger partial charge in [0, 0.05) is 6.42 Å². The number of hydrogen-bond acceptors (Lipinski definition) is 2. The second-order valence-electron chi connectivity index (χ2n) is 5.22. The molecule has 2 heterocycles. The SMILES string of the molecule is Cc1ccc([C@@]2(O)CN3C(=O)CCC[C@H]32)cc1. The number of rotatable bonds is 1. The molecular formula is C14H17NO2. The average Bonchev–Trinajstić information content (AvgIpc) is 2.31. The van der Waals surface area contributed by atoms with E-state index in [0.29, 0.717) is 13.0 Å². The monoisotopic (exact) mass is 231 g/mol. The second kappa shape index (κ2) is 3.57. The van der Waals surface area contributed by atoms with Crippen LogP contribution in [0.15, 0.2) is 24.3 Å². The highest BCUT2D eigenvalue weighted by molar-refractivity contribution is 5.79. The van der Waals surface area contributed by atoms with Crippen molar-refractivity contribution in [1.29, 1.82) is 0 Å². The van der Waals surface area contributed by atoms with Gasteiger partial charge in [0.25, 0.3) is 0 Å². The maximum absolute atomic E-state index is 11.6. The second-order valence-corrected chi connectivity index (χ2v) is 5.22. The Labute approximate surface area is 101 Å². The smallest absolute Gasteiger partial charge is 0.223 e. The number of carbonyl (C=O) groups is 1. The summed E-state index contributed by atoms with van der Waals surface area (Å²) >= 11 is 0. The van der Waals surface area contributed by atoms with Gasteiger partial charge in [0.15, 0.2) is 0 Å². The Kier molecular flexibility index (Phi) is 2.26. The first kappa shape index (κ1) is 10.8. The number of aliphatic hydroxyl groups is 1. The first-order valence-corrected chi connectivity index (χ1v) is 6.20. The lowest BCUT2D eigenvalue weighted by Crippen LogP contribution is -2.70. The first-order chi connectivity index (χ1) is 8.11. The minimum absolute atomic E-state index is 0.00791. The Morgan fingerprint density at radius 1 is 1.35 bits per heavy atom. The van der Waals surface area contributed by atoms with Gasteiger partial charge in [0.2, 0.25) is 5.91 Å². The van der Waals surface area contributed by atoms with E-state index in [2.05, 4.69) is 0 Å². The maximum Gasteiger partial charge on any atom is 0.223 e. The zero-order valence-electron chi connectivity index (χ0n) is 10.0. The van der Waals surface area contributed by atoms with E-state index in [4.69, 9.17) is 0 Å². The Bertz CT molecular complexity index is 454. The molecule has 1 amide bonds. The van der Waals surface area contributed by atoms with Crippen LogP contribution in [0.25, 0.3) is 0 Å². The minimum atomic E-state index is -0.816. The predicted octanol–water partition coefficient (Wildman–Crippen LogP) is 1.58. The number of benzene rings is 1. The Morgan fingerprint density at radius 3 is 2.76 bits per heavy atom. The molecule has 1 aromatic carbocycles. The van der Waals surface area contributed by atoms with Crippen molar-refractivity contribution in [1.82, 2.24) is 4.90 Å². The fraction of sp³-hybridized carbons (Fsp3) is 0.500. The summed E-state index contributed by atoms with van der Waals surface area (Å²) < 4.78 is 0. The van der Waals surface area contributed by atoms with Gasteiger partial charge in [-0.3, -0.25) is 4.79 Å². The summed E-state index contributed by atoms with van der Waals surface area (Å²) in [6.45, 7) is 2.49. The maximum atomic E-state index is 11.6. The van der Waals surface area contributed by atoms with Crippen molar-refractivity contribution in [3.8, 4) is 0 Å². The van der Waals surface area contributed by atoms with Crippen LogP contribution in [0, 0.1) is 6.92 Å². The lowest BCUT2D eigenvalue weighted by atomic mass is 9.73. The lowest BCUT2D eigenvalue weighted by Gasteiger charge is -2.56. The molecule has 0 spiro atoms. The van der Waals surface area contributed by atoms with Crippen molar-refractivity contribution < 1.29 is 9.90 Å². The quantitative estimate of drug-likeness (QED) is 0.797. The summed E-state index contributed by atoms with van der Waals surface area (Å²) in [5.74, 6) is 0.193. The standard InChI is InChI=1S/C14H17NO2/c1-10-5-7-11(8-6-10)14(17)9-15-12(14)3-2-4-13(15)16/h5-8,12,17H,2-4,9H2,1H3/t12-,14-/m0/s1. The molecule has 2 saturated heterocycles. The van der Waals surface area contributed by atoms with Gasteiger partial charge in [0.1, 0.15) is 5.60 Å². The van der Waals surface area contributed by atoms with Crippen molar-refractivity contribution in [3.05, 3.63) is 35.4 Å². The van der Waals surface area contributed by atoms with E-state index in [-0.39, 0.29) is 11.9 Å². The molecule has 3 rings (SSSR count). The summed E-state index contributed by atoms with van der Waals surface area (Å²) in [4.78, 5) is 13.5. The zero-order valence-corrected chi connectivity index (χ0v) is 10.0. The average molecular weight is 231 g/mol. The summed E-state index contributed by atoms with van der Waals surface area (Å²) in [5.41, 5.74) is 1.32. The number of aryl methyl sites for hydroxylation is 1. The van der Waals surface area contributed by atoms with E-state index >= 15 is 0 Å². The van der Waals surface area contributed by atoms with Crippen molar-refractivity contribution in [3.63, 3.8) is 0 Å². The lowest BCUT2D eigenvalue weighted by molar-refractivity contribution is -0.189. The summed E-state index contributed by atoms with van der Waals surface area (Å²) in [6, 6.07) is 7.98. The minimum Gasteiger partial charge on any atom is -0.381 e. The van der Waals surface area contributed by atoms with Crippen LogP contribution < -0.4 is 0 Å². The zero-order chi connectivity index (χ0) is 12.0. The van der Waals surface area contributed by atoms with Gasteiger partial charge < -0.3 is 10.0 Å². The van der Waals surface area contributed by atoms with Crippen molar-refractivity contribution in [2.75, 3.05) is 6.54 Å². The molecule has 0 saturated carbocycles. The molecule has 2 fully saturated rings. The van der Waals surface area contributed by atoms with Crippen LogP contribution in [-0.4, -0.2) is 28.5 Å². The van der Waals surface area contributed by atoms with Crippen LogP contribution in [0.4, 0.5) is 0 Å². The third-order valence-electron chi connectivity index (χ3n) is 4.08. The van der Waals surface area contributed by atoms with Gasteiger partial charge in [-0.1, -0.05) is 29.8 Å². The Hall–Kier alpha value is -1.35. The first-order valence-electron chi connectivity index (χ1n) is 6.20. The van der Waals surface area contributed by atoms with Gasteiger partial charge in [-0.2, -0.15) is 0 Å². The number of carbonyl (C=O) groups excluding carboxylic acids is 1. The van der Waals surface area contributed by atoms with Crippen molar-refractivity contribution in [2.45, 2.75) is 37.8 Å². The van der Waals surface area contributed by atoms with Crippen LogP contribution in [-0.2, 0) is 10.4 Å². The Morgan fingerprint density at radius 2 is 2.06 bits per heavy atom. The van der Waals surface area contributed by atoms with E-state index in [1.807, 2.05) is 36.1 Å².